The summed E-state index contributed by atoms with van der Waals surface area (Å²) < 4.78 is 0. The van der Waals surface area contributed by atoms with Crippen molar-refractivity contribution in [2.45, 2.75) is 12.2 Å². The number of aliphatic hydroxyl groups is 2. The highest BCUT2D eigenvalue weighted by Crippen LogP contribution is 2.39. The number of benzene rings is 2. The molecule has 2 atom stereocenters. The predicted molar refractivity (Wildman–Crippen MR) is 151 cm³/mol. The number of hydrogen-bond donors (Lipinski definition) is 4. The summed E-state index contributed by atoms with van der Waals surface area (Å²) in [6.07, 6.45) is 1.73. The van der Waals surface area contributed by atoms with Crippen LogP contribution in [0.3, 0.4) is 0 Å². The van der Waals surface area contributed by atoms with E-state index < -0.39 is 12.2 Å². The van der Waals surface area contributed by atoms with Crippen molar-refractivity contribution in [1.82, 2.24) is 19.9 Å². The Labute approximate surface area is 218 Å². The van der Waals surface area contributed by atoms with E-state index in [1.54, 1.807) is 6.07 Å². The van der Waals surface area contributed by atoms with Gasteiger partial charge >= 0.3 is 0 Å². The first-order valence-electron chi connectivity index (χ1n) is 12.5. The van der Waals surface area contributed by atoms with Gasteiger partial charge in [0.15, 0.2) is 0 Å². The summed E-state index contributed by atoms with van der Waals surface area (Å²) in [6, 6.07) is 31.6. The Hall–Kier alpha value is -4.78. The van der Waals surface area contributed by atoms with Crippen molar-refractivity contribution in [2.75, 3.05) is 0 Å². The molecule has 0 saturated heterocycles. The average molecular weight is 497 g/mol. The zero-order valence-corrected chi connectivity index (χ0v) is 20.3. The molecule has 2 aromatic carbocycles. The summed E-state index contributed by atoms with van der Waals surface area (Å²) in [7, 11) is 0. The van der Waals surface area contributed by atoms with E-state index in [1.165, 1.54) is 0 Å². The van der Waals surface area contributed by atoms with Crippen LogP contribution in [0.5, 0.6) is 0 Å². The van der Waals surface area contributed by atoms with Gasteiger partial charge in [-0.05, 0) is 59.7 Å². The van der Waals surface area contributed by atoms with Crippen molar-refractivity contribution >= 4 is 34.2 Å². The van der Waals surface area contributed by atoms with Crippen LogP contribution in [-0.2, 0) is 0 Å². The minimum Gasteiger partial charge on any atom is -0.384 e. The molecule has 2 aliphatic heterocycles. The number of nitrogens with one attached hydrogen (secondary N) is 2. The third kappa shape index (κ3) is 3.84. The lowest BCUT2D eigenvalue weighted by molar-refractivity contribution is 0.0257. The molecular formula is C32H24N4O2. The quantitative estimate of drug-likeness (QED) is 0.217. The molecule has 0 spiro atoms. The molecule has 7 rings (SSSR count). The van der Waals surface area contributed by atoms with Crippen LogP contribution in [0.1, 0.15) is 35.0 Å². The maximum Gasteiger partial charge on any atom is 0.128 e. The molecule has 0 saturated carbocycles. The highest BCUT2D eigenvalue weighted by atomic mass is 16.3. The van der Waals surface area contributed by atoms with Crippen molar-refractivity contribution in [3.63, 3.8) is 0 Å². The predicted octanol–water partition coefficient (Wildman–Crippen LogP) is 6.59. The highest BCUT2D eigenvalue weighted by molar-refractivity contribution is 5.91. The van der Waals surface area contributed by atoms with Crippen LogP contribution in [0.15, 0.2) is 97.1 Å². The molecule has 6 heteroatoms. The molecule has 0 fully saturated rings. The molecule has 0 unspecified atom stereocenters. The van der Waals surface area contributed by atoms with Gasteiger partial charge in [-0.3, -0.25) is 4.98 Å². The molecule has 6 nitrogen and oxygen atoms in total. The Morgan fingerprint density at radius 3 is 1.87 bits per heavy atom. The Kier molecular flexibility index (Phi) is 5.28. The summed E-state index contributed by atoms with van der Waals surface area (Å²) in [6.45, 7) is 0. The van der Waals surface area contributed by atoms with Gasteiger partial charge in [-0.25, -0.2) is 4.98 Å². The van der Waals surface area contributed by atoms with Crippen LogP contribution < -0.4 is 0 Å². The van der Waals surface area contributed by atoms with E-state index in [1.807, 2.05) is 91.0 Å². The molecule has 4 N–H and O–H groups in total. The van der Waals surface area contributed by atoms with E-state index in [4.69, 9.17) is 9.97 Å². The lowest BCUT2D eigenvalue weighted by Crippen LogP contribution is -2.04. The van der Waals surface area contributed by atoms with Crippen molar-refractivity contribution in [1.29, 1.82) is 0 Å². The molecule has 0 radical (unpaired) electrons. The van der Waals surface area contributed by atoms with E-state index in [2.05, 4.69) is 22.1 Å². The van der Waals surface area contributed by atoms with Crippen LogP contribution in [-0.4, -0.2) is 30.1 Å². The standard InChI is InChI=1S/C32H24N4O2/c37-31-27-18-23-13-15-25(35-23)28(19-7-3-1-4-8-19)24-14-11-21(33-24)17-22-12-16-26(34-22)29(30(36-27)32(31)38)20-9-5-2-6-10-20/h1-18,31-32,34-35,37-38H/t31-,32+/m0/s1. The smallest absolute Gasteiger partial charge is 0.128 e. The highest BCUT2D eigenvalue weighted by Gasteiger charge is 2.31. The average Bonchev–Trinajstić information content (AvgIpc) is 3.74. The number of H-pyrrole nitrogens is 2. The number of hydrogen-bond acceptors (Lipinski definition) is 4. The normalized spacial score (nSPS) is 16.6. The SMILES string of the molecule is O[C@@H]1c2nc(cc3ccc([nH]3)c(-c3ccccc3)c3nc(cc4ccc([nH]4)c2-c2ccccc2)C=C3)[C@@H]1O. The van der Waals surface area contributed by atoms with Crippen molar-refractivity contribution in [3.8, 4) is 22.3 Å². The Morgan fingerprint density at radius 2 is 1.18 bits per heavy atom. The fourth-order valence-corrected chi connectivity index (χ4v) is 5.20. The number of aromatic nitrogens is 4. The van der Waals surface area contributed by atoms with Gasteiger partial charge in [0.1, 0.15) is 12.2 Å². The van der Waals surface area contributed by atoms with Crippen LogP contribution in [0.2, 0.25) is 0 Å². The molecular weight excluding hydrogens is 472 g/mol. The van der Waals surface area contributed by atoms with E-state index in [0.717, 1.165) is 55.7 Å². The van der Waals surface area contributed by atoms with Crippen LogP contribution in [0.4, 0.5) is 0 Å². The number of aliphatic hydroxyl groups excluding tert-OH is 2. The van der Waals surface area contributed by atoms with Crippen molar-refractivity contribution in [3.05, 3.63) is 120 Å². The third-order valence-electron chi connectivity index (χ3n) is 6.99. The van der Waals surface area contributed by atoms with E-state index in [-0.39, 0.29) is 0 Å². The van der Waals surface area contributed by atoms with Crippen LogP contribution >= 0.6 is 0 Å². The van der Waals surface area contributed by atoms with E-state index in [9.17, 15) is 10.2 Å². The van der Waals surface area contributed by atoms with Gasteiger partial charge in [0.2, 0.25) is 0 Å². The lowest BCUT2D eigenvalue weighted by atomic mass is 10.00. The first-order valence-corrected chi connectivity index (χ1v) is 12.5. The third-order valence-corrected chi connectivity index (χ3v) is 6.99. The van der Waals surface area contributed by atoms with Gasteiger partial charge in [-0.2, -0.15) is 0 Å². The van der Waals surface area contributed by atoms with E-state index >= 15 is 0 Å². The summed E-state index contributed by atoms with van der Waals surface area (Å²) in [5, 5.41) is 22.1. The second kappa shape index (κ2) is 8.95. The molecule has 2 aliphatic rings. The Balaban J connectivity index is 1.61. The first-order chi connectivity index (χ1) is 18.6. The van der Waals surface area contributed by atoms with Gasteiger partial charge < -0.3 is 20.2 Å². The maximum absolute atomic E-state index is 11.1. The zero-order valence-electron chi connectivity index (χ0n) is 20.3. The number of aromatic amines is 2. The van der Waals surface area contributed by atoms with Gasteiger partial charge in [-0.1, -0.05) is 60.7 Å². The Bertz CT molecular complexity index is 1850. The minimum atomic E-state index is -1.16. The van der Waals surface area contributed by atoms with E-state index in [0.29, 0.717) is 11.4 Å². The summed E-state index contributed by atoms with van der Waals surface area (Å²) in [5.41, 5.74) is 9.51. The maximum atomic E-state index is 11.1. The molecule has 184 valence electrons. The topological polar surface area (TPSA) is 97.8 Å². The zero-order chi connectivity index (χ0) is 25.6. The number of rotatable bonds is 2. The van der Waals surface area contributed by atoms with Gasteiger partial charge in [-0.15, -0.1) is 0 Å². The van der Waals surface area contributed by atoms with Crippen molar-refractivity contribution < 1.29 is 10.2 Å². The molecule has 38 heavy (non-hydrogen) atoms. The van der Waals surface area contributed by atoms with Crippen LogP contribution in [0, 0.1) is 0 Å². The first kappa shape index (κ1) is 22.4. The largest absolute Gasteiger partial charge is 0.384 e. The van der Waals surface area contributed by atoms with Gasteiger partial charge in [0.25, 0.3) is 0 Å². The number of fused-ring (bicyclic) bond motifs is 8. The fraction of sp³-hybridized carbons (Fsp3) is 0.0625. The van der Waals surface area contributed by atoms with Gasteiger partial charge in [0.05, 0.1) is 22.8 Å². The minimum absolute atomic E-state index is 0.398. The van der Waals surface area contributed by atoms with Crippen molar-refractivity contribution in [2.24, 2.45) is 0 Å². The second-order valence-corrected chi connectivity index (χ2v) is 9.49. The second-order valence-electron chi connectivity index (χ2n) is 9.49. The summed E-state index contributed by atoms with van der Waals surface area (Å²) in [5.74, 6) is 0. The summed E-state index contributed by atoms with van der Waals surface area (Å²) in [4.78, 5) is 16.6. The van der Waals surface area contributed by atoms with Crippen LogP contribution in [0.25, 0.3) is 56.5 Å². The Morgan fingerprint density at radius 1 is 0.579 bits per heavy atom. The van der Waals surface area contributed by atoms with Gasteiger partial charge in [0, 0.05) is 33.2 Å². The summed E-state index contributed by atoms with van der Waals surface area (Å²) >= 11 is 0. The molecule has 8 bridgehead atoms. The molecule has 5 aromatic rings. The fourth-order valence-electron chi connectivity index (χ4n) is 5.20. The number of nitrogens with zero attached hydrogens (tertiary/aromatic N) is 2. The molecule has 0 aliphatic carbocycles. The molecule has 5 heterocycles. The monoisotopic (exact) mass is 496 g/mol. The molecule has 3 aromatic heterocycles. The lowest BCUT2D eigenvalue weighted by Gasteiger charge is -2.11. The molecule has 0 amide bonds.